The van der Waals surface area contributed by atoms with Gasteiger partial charge in [-0.05, 0) is 48.1 Å². The Morgan fingerprint density at radius 3 is 2.70 bits per heavy atom. The summed E-state index contributed by atoms with van der Waals surface area (Å²) in [5.74, 6) is 0.427. The molecule has 1 aromatic carbocycles. The molecule has 7 nitrogen and oxygen atoms in total. The van der Waals surface area contributed by atoms with Crippen molar-refractivity contribution in [1.29, 1.82) is 0 Å². The summed E-state index contributed by atoms with van der Waals surface area (Å²) >= 11 is 3.36. The van der Waals surface area contributed by atoms with Gasteiger partial charge in [0.1, 0.15) is 6.04 Å². The molecular weight excluding hydrogens is 408 g/mol. The minimum Gasteiger partial charge on any atom is -0.309 e. The average molecular weight is 433 g/mol. The van der Waals surface area contributed by atoms with Gasteiger partial charge in [0.15, 0.2) is 0 Å². The van der Waals surface area contributed by atoms with E-state index in [0.717, 1.165) is 41.7 Å². The number of para-hydroxylation sites is 2. The number of hydrogen-bond acceptors (Lipinski definition) is 4. The fourth-order valence-electron chi connectivity index (χ4n) is 3.04. The molecule has 1 N–H and O–H groups in total. The Morgan fingerprint density at radius 1 is 1.30 bits per heavy atom. The molecule has 3 aromatic rings. The van der Waals surface area contributed by atoms with E-state index in [2.05, 4.69) is 54.6 Å². The van der Waals surface area contributed by atoms with Gasteiger partial charge in [-0.1, -0.05) is 26.0 Å². The number of carbonyl (C=O) groups is 1. The topological polar surface area (TPSA) is 68.0 Å². The molecular formula is C19H25BrN6O. The standard InChI is InChI=1S/C19H25BrN6O/c1-4-24(5-2)10-11-25-17-9-7-6-8-16(17)22-19(25)23-18(27)14(3)26-13-15(20)12-21-26/h6-9,12-14H,4-5,10-11H2,1-3H3,(H,22,23,27). The first kappa shape index (κ1) is 19.6. The summed E-state index contributed by atoms with van der Waals surface area (Å²) in [7, 11) is 0. The first-order valence-electron chi connectivity index (χ1n) is 9.21. The Morgan fingerprint density at radius 2 is 2.04 bits per heavy atom. The summed E-state index contributed by atoms with van der Waals surface area (Å²) in [6, 6.07) is 7.51. The molecule has 27 heavy (non-hydrogen) atoms. The lowest BCUT2D eigenvalue weighted by Crippen LogP contribution is -2.29. The highest BCUT2D eigenvalue weighted by atomic mass is 79.9. The Hall–Kier alpha value is -2.19. The van der Waals surface area contributed by atoms with Gasteiger partial charge in [-0.25, -0.2) is 4.98 Å². The number of carbonyl (C=O) groups excluding carboxylic acids is 1. The molecule has 0 aliphatic carbocycles. The van der Waals surface area contributed by atoms with Gasteiger partial charge < -0.3 is 9.47 Å². The van der Waals surface area contributed by atoms with E-state index in [0.29, 0.717) is 5.95 Å². The molecule has 2 aromatic heterocycles. The second kappa shape index (κ2) is 8.67. The number of halogens is 1. The average Bonchev–Trinajstić information content (AvgIpc) is 3.25. The third-order valence-electron chi connectivity index (χ3n) is 4.77. The van der Waals surface area contributed by atoms with Crippen LogP contribution in [0.15, 0.2) is 41.1 Å². The minimum atomic E-state index is -0.438. The molecule has 8 heteroatoms. The quantitative estimate of drug-likeness (QED) is 0.590. The zero-order chi connectivity index (χ0) is 19.4. The lowest BCUT2D eigenvalue weighted by molar-refractivity contribution is -0.119. The van der Waals surface area contributed by atoms with Crippen LogP contribution in [0.3, 0.4) is 0 Å². The number of nitrogens with zero attached hydrogens (tertiary/aromatic N) is 5. The van der Waals surface area contributed by atoms with Crippen molar-refractivity contribution in [3.8, 4) is 0 Å². The summed E-state index contributed by atoms with van der Waals surface area (Å²) in [5, 5.41) is 7.19. The zero-order valence-electron chi connectivity index (χ0n) is 15.9. The third kappa shape index (κ3) is 4.39. The van der Waals surface area contributed by atoms with E-state index in [-0.39, 0.29) is 5.91 Å². The highest BCUT2D eigenvalue weighted by molar-refractivity contribution is 9.10. The number of rotatable bonds is 8. The SMILES string of the molecule is CCN(CC)CCn1c(NC(=O)C(C)n2cc(Br)cn2)nc2ccccc21. The molecule has 0 aliphatic rings. The number of imidazole rings is 1. The molecule has 1 unspecified atom stereocenters. The second-order valence-corrected chi connectivity index (χ2v) is 7.32. The predicted molar refractivity (Wildman–Crippen MR) is 111 cm³/mol. The number of nitrogens with one attached hydrogen (secondary N) is 1. The van der Waals surface area contributed by atoms with Crippen molar-refractivity contribution >= 4 is 38.8 Å². The maximum absolute atomic E-state index is 12.8. The molecule has 1 amide bonds. The summed E-state index contributed by atoms with van der Waals surface area (Å²) < 4.78 is 4.55. The Balaban J connectivity index is 1.84. The van der Waals surface area contributed by atoms with E-state index >= 15 is 0 Å². The van der Waals surface area contributed by atoms with Gasteiger partial charge in [0.2, 0.25) is 5.95 Å². The van der Waals surface area contributed by atoms with E-state index in [1.807, 2.05) is 31.2 Å². The van der Waals surface area contributed by atoms with Crippen LogP contribution in [0.5, 0.6) is 0 Å². The Labute approximate surface area is 167 Å². The van der Waals surface area contributed by atoms with Crippen LogP contribution in [-0.4, -0.2) is 49.8 Å². The number of benzene rings is 1. The van der Waals surface area contributed by atoms with Crippen LogP contribution in [0, 0.1) is 0 Å². The smallest absolute Gasteiger partial charge is 0.251 e. The van der Waals surface area contributed by atoms with Crippen LogP contribution in [-0.2, 0) is 11.3 Å². The van der Waals surface area contributed by atoms with Gasteiger partial charge in [0, 0.05) is 19.3 Å². The van der Waals surface area contributed by atoms with E-state index in [4.69, 9.17) is 0 Å². The molecule has 144 valence electrons. The third-order valence-corrected chi connectivity index (χ3v) is 5.18. The van der Waals surface area contributed by atoms with Crippen LogP contribution in [0.4, 0.5) is 5.95 Å². The molecule has 3 rings (SSSR count). The van der Waals surface area contributed by atoms with Crippen LogP contribution in [0.2, 0.25) is 0 Å². The monoisotopic (exact) mass is 432 g/mol. The Kier molecular flexibility index (Phi) is 6.28. The van der Waals surface area contributed by atoms with Crippen molar-refractivity contribution in [2.24, 2.45) is 0 Å². The largest absolute Gasteiger partial charge is 0.309 e. The van der Waals surface area contributed by atoms with E-state index in [1.54, 1.807) is 17.1 Å². The van der Waals surface area contributed by atoms with Crippen molar-refractivity contribution < 1.29 is 4.79 Å². The van der Waals surface area contributed by atoms with E-state index in [9.17, 15) is 4.79 Å². The number of anilines is 1. The lowest BCUT2D eigenvalue weighted by Gasteiger charge is -2.20. The fraction of sp³-hybridized carbons (Fsp3) is 0.421. The fourth-order valence-corrected chi connectivity index (χ4v) is 3.34. The predicted octanol–water partition coefficient (Wildman–Crippen LogP) is 3.54. The second-order valence-electron chi connectivity index (χ2n) is 6.41. The molecule has 0 radical (unpaired) electrons. The van der Waals surface area contributed by atoms with Crippen molar-refractivity contribution in [3.05, 3.63) is 41.1 Å². The molecule has 0 fully saturated rings. The highest BCUT2D eigenvalue weighted by Gasteiger charge is 2.19. The molecule has 0 spiro atoms. The van der Waals surface area contributed by atoms with E-state index in [1.165, 1.54) is 0 Å². The zero-order valence-corrected chi connectivity index (χ0v) is 17.5. The van der Waals surface area contributed by atoms with Gasteiger partial charge >= 0.3 is 0 Å². The summed E-state index contributed by atoms with van der Waals surface area (Å²) in [4.78, 5) is 19.7. The number of aromatic nitrogens is 4. The van der Waals surface area contributed by atoms with Crippen molar-refractivity contribution in [2.75, 3.05) is 25.0 Å². The molecule has 2 heterocycles. The van der Waals surface area contributed by atoms with Gasteiger partial charge in [-0.15, -0.1) is 0 Å². The number of hydrogen-bond donors (Lipinski definition) is 1. The number of amides is 1. The van der Waals surface area contributed by atoms with Gasteiger partial charge in [0.05, 0.1) is 21.7 Å². The highest BCUT2D eigenvalue weighted by Crippen LogP contribution is 2.21. The molecule has 0 aliphatic heterocycles. The van der Waals surface area contributed by atoms with Crippen LogP contribution < -0.4 is 5.32 Å². The number of likely N-dealkylation sites (N-methyl/N-ethyl adjacent to an activating group) is 1. The lowest BCUT2D eigenvalue weighted by atomic mass is 10.3. The summed E-state index contributed by atoms with van der Waals surface area (Å²) in [6.45, 7) is 9.78. The van der Waals surface area contributed by atoms with Gasteiger partial charge in [-0.2, -0.15) is 5.10 Å². The van der Waals surface area contributed by atoms with Gasteiger partial charge in [0.25, 0.3) is 5.91 Å². The number of fused-ring (bicyclic) bond motifs is 1. The Bertz CT molecular complexity index is 914. The van der Waals surface area contributed by atoms with Crippen molar-refractivity contribution in [3.63, 3.8) is 0 Å². The maximum Gasteiger partial charge on any atom is 0.251 e. The van der Waals surface area contributed by atoms with E-state index < -0.39 is 6.04 Å². The van der Waals surface area contributed by atoms with Gasteiger partial charge in [-0.3, -0.25) is 14.8 Å². The van der Waals surface area contributed by atoms with Crippen molar-refractivity contribution in [1.82, 2.24) is 24.2 Å². The molecule has 0 saturated carbocycles. The van der Waals surface area contributed by atoms with Crippen LogP contribution in [0.1, 0.15) is 26.8 Å². The molecule has 1 atom stereocenters. The summed E-state index contributed by atoms with van der Waals surface area (Å²) in [6.07, 6.45) is 3.46. The first-order chi connectivity index (χ1) is 13.0. The van der Waals surface area contributed by atoms with Crippen LogP contribution >= 0.6 is 15.9 Å². The molecule has 0 bridgehead atoms. The summed E-state index contributed by atoms with van der Waals surface area (Å²) in [5.41, 5.74) is 1.90. The molecule has 0 saturated heterocycles. The normalized spacial score (nSPS) is 12.6. The first-order valence-corrected chi connectivity index (χ1v) is 10.0. The van der Waals surface area contributed by atoms with Crippen molar-refractivity contribution in [2.45, 2.75) is 33.4 Å². The van der Waals surface area contributed by atoms with Crippen LogP contribution in [0.25, 0.3) is 11.0 Å². The maximum atomic E-state index is 12.8. The minimum absolute atomic E-state index is 0.148.